The molecule has 0 unspecified atom stereocenters. The molecule has 31 heavy (non-hydrogen) atoms. The quantitative estimate of drug-likeness (QED) is 0.291. The van der Waals surface area contributed by atoms with Gasteiger partial charge >= 0.3 is 5.97 Å². The Bertz CT molecular complexity index is 662. The Morgan fingerprint density at radius 1 is 0.903 bits per heavy atom. The fourth-order valence-electron chi connectivity index (χ4n) is 5.69. The number of unbranched alkanes of at least 4 members (excludes halogenated alkanes) is 3. The van der Waals surface area contributed by atoms with E-state index in [1.54, 1.807) is 6.08 Å². The van der Waals surface area contributed by atoms with Crippen molar-refractivity contribution >= 4 is 12.0 Å². The molecule has 2 fully saturated rings. The number of benzene rings is 1. The topological polar surface area (TPSA) is 46.5 Å². The number of carboxylic acids is 1. The van der Waals surface area contributed by atoms with E-state index in [1.807, 2.05) is 24.3 Å². The summed E-state index contributed by atoms with van der Waals surface area (Å²) < 4.78 is 6.04. The van der Waals surface area contributed by atoms with Crippen LogP contribution in [0.1, 0.15) is 96.0 Å². The van der Waals surface area contributed by atoms with Crippen LogP contribution in [-0.4, -0.2) is 17.7 Å². The van der Waals surface area contributed by atoms with Crippen molar-refractivity contribution in [1.29, 1.82) is 0 Å². The molecule has 3 rings (SSSR count). The second kappa shape index (κ2) is 12.9. The molecule has 0 heterocycles. The lowest BCUT2D eigenvalue weighted by molar-refractivity contribution is -0.131. The van der Waals surface area contributed by atoms with Gasteiger partial charge in [0.2, 0.25) is 0 Å². The summed E-state index contributed by atoms with van der Waals surface area (Å²) in [6.07, 6.45) is 21.2. The minimum atomic E-state index is -0.925. The van der Waals surface area contributed by atoms with Crippen LogP contribution >= 0.6 is 0 Å². The van der Waals surface area contributed by atoms with Gasteiger partial charge in [-0.3, -0.25) is 0 Å². The number of rotatable bonds is 11. The molecule has 1 aromatic rings. The van der Waals surface area contributed by atoms with Gasteiger partial charge in [0.25, 0.3) is 0 Å². The Morgan fingerprint density at radius 2 is 1.52 bits per heavy atom. The zero-order valence-corrected chi connectivity index (χ0v) is 19.4. The summed E-state index contributed by atoms with van der Waals surface area (Å²) in [4.78, 5) is 10.6. The predicted molar refractivity (Wildman–Crippen MR) is 128 cm³/mol. The molecule has 0 bridgehead atoms. The highest BCUT2D eigenvalue weighted by Gasteiger charge is 2.30. The zero-order valence-electron chi connectivity index (χ0n) is 19.4. The molecular weight excluding hydrogens is 384 g/mol. The number of aliphatic carboxylic acids is 1. The summed E-state index contributed by atoms with van der Waals surface area (Å²) >= 11 is 0. The summed E-state index contributed by atoms with van der Waals surface area (Å²) in [5.41, 5.74) is 0.880. The molecule has 1 aromatic carbocycles. The lowest BCUT2D eigenvalue weighted by atomic mass is 9.69. The first kappa shape index (κ1) is 23.9. The van der Waals surface area contributed by atoms with Crippen LogP contribution in [0.15, 0.2) is 30.3 Å². The largest absolute Gasteiger partial charge is 0.493 e. The van der Waals surface area contributed by atoms with Gasteiger partial charge in [0, 0.05) is 6.08 Å². The minimum Gasteiger partial charge on any atom is -0.493 e. The molecule has 3 heteroatoms. The third kappa shape index (κ3) is 8.35. The fourth-order valence-corrected chi connectivity index (χ4v) is 5.69. The molecule has 0 atom stereocenters. The van der Waals surface area contributed by atoms with E-state index in [9.17, 15) is 4.79 Å². The van der Waals surface area contributed by atoms with E-state index >= 15 is 0 Å². The van der Waals surface area contributed by atoms with E-state index in [2.05, 4.69) is 6.92 Å². The first-order valence-electron chi connectivity index (χ1n) is 12.8. The summed E-state index contributed by atoms with van der Waals surface area (Å²) in [6, 6.07) is 7.69. The lowest BCUT2D eigenvalue weighted by Crippen LogP contribution is -2.27. The summed E-state index contributed by atoms with van der Waals surface area (Å²) in [6.45, 7) is 3.11. The number of carbonyl (C=O) groups is 1. The lowest BCUT2D eigenvalue weighted by Gasteiger charge is -2.38. The molecule has 172 valence electrons. The molecule has 0 radical (unpaired) electrons. The Balaban J connectivity index is 1.31. The normalized spacial score (nSPS) is 26.7. The van der Waals surface area contributed by atoms with E-state index in [0.717, 1.165) is 41.7 Å². The zero-order chi connectivity index (χ0) is 21.9. The Labute approximate surface area is 189 Å². The standard InChI is InChI=1S/C28H42O3/c1-2-3-4-5-6-22-7-14-25(15-8-22)26-16-9-24(10-17-26)21-31-27-18-11-23(12-19-27)13-20-28(29)30/h11-13,18-20,22,24-26H,2-10,14-17,21H2,1H3,(H,29,30)/b20-13+. The smallest absolute Gasteiger partial charge is 0.328 e. The van der Waals surface area contributed by atoms with Crippen molar-refractivity contribution in [3.05, 3.63) is 35.9 Å². The molecule has 0 saturated heterocycles. The molecule has 0 amide bonds. The van der Waals surface area contributed by atoms with Gasteiger partial charge in [0.1, 0.15) is 5.75 Å². The van der Waals surface area contributed by atoms with Crippen molar-refractivity contribution < 1.29 is 14.6 Å². The average molecular weight is 427 g/mol. The van der Waals surface area contributed by atoms with Crippen LogP contribution in [0.2, 0.25) is 0 Å². The van der Waals surface area contributed by atoms with E-state index < -0.39 is 5.97 Å². The van der Waals surface area contributed by atoms with Gasteiger partial charge < -0.3 is 9.84 Å². The molecule has 0 spiro atoms. The maximum atomic E-state index is 10.6. The maximum Gasteiger partial charge on any atom is 0.328 e. The maximum absolute atomic E-state index is 10.6. The predicted octanol–water partition coefficient (Wildman–Crippen LogP) is 7.75. The van der Waals surface area contributed by atoms with Gasteiger partial charge in [0.05, 0.1) is 6.61 Å². The molecule has 0 aliphatic heterocycles. The molecule has 2 aliphatic carbocycles. The van der Waals surface area contributed by atoms with Crippen LogP contribution in [0, 0.1) is 23.7 Å². The molecule has 2 aliphatic rings. The minimum absolute atomic E-state index is 0.678. The van der Waals surface area contributed by atoms with Crippen molar-refractivity contribution in [2.45, 2.75) is 90.4 Å². The fraction of sp³-hybridized carbons (Fsp3) is 0.679. The second-order valence-corrected chi connectivity index (χ2v) is 9.96. The Kier molecular flexibility index (Phi) is 9.96. The summed E-state index contributed by atoms with van der Waals surface area (Å²) in [5, 5.41) is 8.71. The Hall–Kier alpha value is -1.77. The van der Waals surface area contributed by atoms with E-state index in [4.69, 9.17) is 9.84 Å². The highest BCUT2D eigenvalue weighted by Crippen LogP contribution is 2.42. The highest BCUT2D eigenvalue weighted by atomic mass is 16.5. The van der Waals surface area contributed by atoms with Crippen molar-refractivity contribution in [1.82, 2.24) is 0 Å². The van der Waals surface area contributed by atoms with E-state index in [1.165, 1.54) is 83.5 Å². The first-order chi connectivity index (χ1) is 15.1. The van der Waals surface area contributed by atoms with Gasteiger partial charge in [-0.25, -0.2) is 4.79 Å². The van der Waals surface area contributed by atoms with Crippen LogP contribution in [0.5, 0.6) is 5.75 Å². The van der Waals surface area contributed by atoms with Crippen LogP contribution in [-0.2, 0) is 4.79 Å². The first-order valence-corrected chi connectivity index (χ1v) is 12.8. The number of carboxylic acid groups (broad SMARTS) is 1. The van der Waals surface area contributed by atoms with Crippen LogP contribution < -0.4 is 4.74 Å². The third-order valence-electron chi connectivity index (χ3n) is 7.70. The molecule has 3 nitrogen and oxygen atoms in total. The van der Waals surface area contributed by atoms with Gasteiger partial charge in [-0.2, -0.15) is 0 Å². The average Bonchev–Trinajstić information content (AvgIpc) is 2.80. The van der Waals surface area contributed by atoms with Gasteiger partial charge in [-0.05, 0) is 86.0 Å². The SMILES string of the molecule is CCCCCCC1CCC(C2CCC(COc3ccc(/C=C/C(=O)O)cc3)CC2)CC1. The van der Waals surface area contributed by atoms with Crippen LogP contribution in [0.4, 0.5) is 0 Å². The van der Waals surface area contributed by atoms with Crippen molar-refractivity contribution in [3.8, 4) is 5.75 Å². The van der Waals surface area contributed by atoms with Gasteiger partial charge in [0.15, 0.2) is 0 Å². The monoisotopic (exact) mass is 426 g/mol. The number of ether oxygens (including phenoxy) is 1. The van der Waals surface area contributed by atoms with Crippen LogP contribution in [0.3, 0.4) is 0 Å². The van der Waals surface area contributed by atoms with Crippen LogP contribution in [0.25, 0.3) is 6.08 Å². The van der Waals surface area contributed by atoms with Crippen molar-refractivity contribution in [2.24, 2.45) is 23.7 Å². The van der Waals surface area contributed by atoms with Gasteiger partial charge in [-0.15, -0.1) is 0 Å². The third-order valence-corrected chi connectivity index (χ3v) is 7.70. The Morgan fingerprint density at radius 3 is 2.10 bits per heavy atom. The van der Waals surface area contributed by atoms with E-state index in [0.29, 0.717) is 5.92 Å². The van der Waals surface area contributed by atoms with Crippen molar-refractivity contribution in [3.63, 3.8) is 0 Å². The number of hydrogen-bond acceptors (Lipinski definition) is 2. The van der Waals surface area contributed by atoms with Gasteiger partial charge in [-0.1, -0.05) is 64.0 Å². The summed E-state index contributed by atoms with van der Waals surface area (Å²) in [7, 11) is 0. The number of hydrogen-bond donors (Lipinski definition) is 1. The second-order valence-electron chi connectivity index (χ2n) is 9.96. The summed E-state index contributed by atoms with van der Waals surface area (Å²) in [5.74, 6) is 3.59. The van der Waals surface area contributed by atoms with Crippen molar-refractivity contribution in [2.75, 3.05) is 6.61 Å². The highest BCUT2D eigenvalue weighted by molar-refractivity contribution is 5.85. The molecule has 2 saturated carbocycles. The molecule has 1 N–H and O–H groups in total. The molecular formula is C28H42O3. The molecule has 0 aromatic heterocycles. The van der Waals surface area contributed by atoms with E-state index in [-0.39, 0.29) is 0 Å².